The highest BCUT2D eigenvalue weighted by molar-refractivity contribution is 6.35. The Morgan fingerprint density at radius 2 is 1.46 bits per heavy atom. The van der Waals surface area contributed by atoms with E-state index in [1.807, 2.05) is 50.3 Å². The van der Waals surface area contributed by atoms with Gasteiger partial charge in [0, 0.05) is 16.8 Å². The lowest BCUT2D eigenvalue weighted by atomic mass is 9.84. The lowest BCUT2D eigenvalue weighted by Crippen LogP contribution is -2.16. The molecule has 1 aromatic carbocycles. The van der Waals surface area contributed by atoms with Gasteiger partial charge in [-0.25, -0.2) is 4.98 Å². The van der Waals surface area contributed by atoms with E-state index in [2.05, 4.69) is 4.98 Å². The van der Waals surface area contributed by atoms with Gasteiger partial charge in [0.25, 0.3) is 0 Å². The van der Waals surface area contributed by atoms with Crippen LogP contribution < -0.4 is 0 Å². The summed E-state index contributed by atoms with van der Waals surface area (Å²) in [7, 11) is 0. The monoisotopic (exact) mass is 362 g/mol. The second kappa shape index (κ2) is 6.57. The van der Waals surface area contributed by atoms with Crippen molar-refractivity contribution in [3.63, 3.8) is 0 Å². The van der Waals surface area contributed by atoms with Crippen molar-refractivity contribution in [2.75, 3.05) is 0 Å². The van der Waals surface area contributed by atoms with Crippen molar-refractivity contribution in [2.24, 2.45) is 0 Å². The van der Waals surface area contributed by atoms with Crippen LogP contribution in [0.5, 0.6) is 0 Å². The third-order valence-electron chi connectivity index (χ3n) is 4.72. The van der Waals surface area contributed by atoms with Gasteiger partial charge >= 0.3 is 0 Å². The van der Waals surface area contributed by atoms with Crippen molar-refractivity contribution in [1.29, 1.82) is 10.5 Å². The summed E-state index contributed by atoms with van der Waals surface area (Å²) in [6.45, 7) is 3.86. The van der Waals surface area contributed by atoms with E-state index in [4.69, 9.17) is 4.98 Å². The van der Waals surface area contributed by atoms with E-state index in [9.17, 15) is 15.3 Å². The van der Waals surface area contributed by atoms with Gasteiger partial charge in [0.2, 0.25) is 0 Å². The second-order valence-electron chi connectivity index (χ2n) is 6.61. The molecule has 0 unspecified atom stereocenters. The number of aromatic nitrogens is 2. The largest absolute Gasteiger partial charge is 0.288 e. The number of carbonyl (C=O) groups is 1. The quantitative estimate of drug-likeness (QED) is 0.472. The third kappa shape index (κ3) is 2.67. The Balaban J connectivity index is 2.04. The lowest BCUT2D eigenvalue weighted by molar-refractivity contribution is 0.105. The number of nitrogens with zero attached hydrogens (tertiary/aromatic N) is 4. The molecule has 0 atom stereocenters. The van der Waals surface area contributed by atoms with Crippen LogP contribution in [0, 0.1) is 36.5 Å². The van der Waals surface area contributed by atoms with Gasteiger partial charge in [-0.2, -0.15) is 10.5 Å². The highest BCUT2D eigenvalue weighted by Gasteiger charge is 2.32. The molecule has 0 fully saturated rings. The molecular weight excluding hydrogens is 348 g/mol. The first-order valence-electron chi connectivity index (χ1n) is 8.69. The minimum Gasteiger partial charge on any atom is -0.288 e. The fourth-order valence-corrected chi connectivity index (χ4v) is 3.29. The Bertz CT molecular complexity index is 1240. The van der Waals surface area contributed by atoms with Gasteiger partial charge in [0.1, 0.15) is 23.4 Å². The van der Waals surface area contributed by atoms with Crippen LogP contribution in [0.2, 0.25) is 0 Å². The van der Waals surface area contributed by atoms with Crippen molar-refractivity contribution in [3.8, 4) is 34.8 Å². The predicted octanol–water partition coefficient (Wildman–Crippen LogP) is 4.42. The van der Waals surface area contributed by atoms with Crippen molar-refractivity contribution >= 4 is 11.4 Å². The van der Waals surface area contributed by atoms with E-state index in [-0.39, 0.29) is 16.9 Å². The molecule has 28 heavy (non-hydrogen) atoms. The number of aryl methyl sites for hydroxylation is 2. The molecule has 0 aliphatic heterocycles. The number of Topliss-reactive ketones (excluding diaryl/α,β-unsaturated/α-hetero) is 1. The van der Waals surface area contributed by atoms with Crippen molar-refractivity contribution in [1.82, 2.24) is 9.97 Å². The van der Waals surface area contributed by atoms with Crippen LogP contribution >= 0.6 is 0 Å². The lowest BCUT2D eigenvalue weighted by Gasteiger charge is -2.21. The maximum atomic E-state index is 13.0. The zero-order valence-electron chi connectivity index (χ0n) is 15.3. The molecule has 2 heterocycles. The second-order valence-corrected chi connectivity index (χ2v) is 6.61. The standard InChI is InChI=1S/C23H14N4O/c1-13-3-6-15(7-4-13)19-10-9-17-20(16(11-24)12-25)23(28)18-8-5-14(2)26-22(18)21(17)27-19/h3-10H,1-2H3. The maximum absolute atomic E-state index is 13.0. The number of allylic oxidation sites excluding steroid dienone is 2. The highest BCUT2D eigenvalue weighted by atomic mass is 16.1. The van der Waals surface area contributed by atoms with E-state index in [0.717, 1.165) is 22.5 Å². The van der Waals surface area contributed by atoms with Crippen LogP contribution in [0.1, 0.15) is 27.2 Å². The van der Waals surface area contributed by atoms with E-state index in [1.165, 1.54) is 0 Å². The van der Waals surface area contributed by atoms with Gasteiger partial charge in [-0.05, 0) is 38.1 Å². The Morgan fingerprint density at radius 1 is 0.821 bits per heavy atom. The summed E-state index contributed by atoms with van der Waals surface area (Å²) in [5.74, 6) is -0.377. The van der Waals surface area contributed by atoms with Gasteiger partial charge in [-0.15, -0.1) is 0 Å². The fraction of sp³-hybridized carbons (Fsp3) is 0.0870. The summed E-state index contributed by atoms with van der Waals surface area (Å²) in [5.41, 5.74) is 5.24. The first-order chi connectivity index (χ1) is 13.5. The number of hydrogen-bond acceptors (Lipinski definition) is 5. The molecule has 0 amide bonds. The van der Waals surface area contributed by atoms with Crippen LogP contribution in [0.3, 0.4) is 0 Å². The summed E-state index contributed by atoms with van der Waals surface area (Å²) in [5, 5.41) is 18.7. The van der Waals surface area contributed by atoms with Crippen molar-refractivity contribution in [3.05, 3.63) is 76.5 Å². The topological polar surface area (TPSA) is 90.4 Å². The van der Waals surface area contributed by atoms with Gasteiger partial charge in [-0.1, -0.05) is 29.8 Å². The molecule has 3 aromatic rings. The highest BCUT2D eigenvalue weighted by Crippen LogP contribution is 2.39. The normalized spacial score (nSPS) is 11.9. The minimum absolute atomic E-state index is 0.0844. The number of hydrogen-bond donors (Lipinski definition) is 0. The average molecular weight is 362 g/mol. The first-order valence-corrected chi connectivity index (χ1v) is 8.69. The molecule has 0 bridgehead atoms. The molecule has 0 N–H and O–H groups in total. The molecule has 5 nitrogen and oxygen atoms in total. The van der Waals surface area contributed by atoms with E-state index in [0.29, 0.717) is 22.5 Å². The van der Waals surface area contributed by atoms with Gasteiger partial charge in [0.05, 0.1) is 22.5 Å². The zero-order chi connectivity index (χ0) is 19.8. The number of carbonyl (C=O) groups excluding carboxylic acids is 1. The molecule has 2 aromatic heterocycles. The molecule has 0 spiro atoms. The summed E-state index contributed by atoms with van der Waals surface area (Å²) >= 11 is 0. The molecule has 1 aliphatic rings. The van der Waals surface area contributed by atoms with E-state index < -0.39 is 0 Å². The molecule has 0 radical (unpaired) electrons. The summed E-state index contributed by atoms with van der Waals surface area (Å²) in [4.78, 5) is 22.3. The van der Waals surface area contributed by atoms with Crippen molar-refractivity contribution in [2.45, 2.75) is 13.8 Å². The average Bonchev–Trinajstić information content (AvgIpc) is 2.71. The molecule has 4 rings (SSSR count). The number of fused-ring (bicyclic) bond motifs is 3. The molecular formula is C23H14N4O. The Hall–Kier alpha value is -4.09. The predicted molar refractivity (Wildman–Crippen MR) is 105 cm³/mol. The van der Waals surface area contributed by atoms with Gasteiger partial charge in [-0.3, -0.25) is 9.78 Å². The van der Waals surface area contributed by atoms with Crippen LogP contribution in [-0.4, -0.2) is 15.8 Å². The van der Waals surface area contributed by atoms with Crippen LogP contribution in [-0.2, 0) is 0 Å². The Labute approximate surface area is 162 Å². The van der Waals surface area contributed by atoms with Crippen LogP contribution in [0.25, 0.3) is 28.2 Å². The molecule has 0 saturated heterocycles. The SMILES string of the molecule is Cc1ccc(-c2ccc3c(n2)-c2nc(C)ccc2C(=O)C3=C(C#N)C#N)cc1. The molecule has 1 aliphatic carbocycles. The molecule has 0 saturated carbocycles. The number of nitriles is 2. The number of ketones is 1. The summed E-state index contributed by atoms with van der Waals surface area (Å²) < 4.78 is 0. The van der Waals surface area contributed by atoms with E-state index in [1.54, 1.807) is 24.3 Å². The smallest absolute Gasteiger partial charge is 0.198 e. The maximum Gasteiger partial charge on any atom is 0.198 e. The first kappa shape index (κ1) is 17.3. The Kier molecular flexibility index (Phi) is 4.07. The van der Waals surface area contributed by atoms with Crippen LogP contribution in [0.4, 0.5) is 0 Å². The fourth-order valence-electron chi connectivity index (χ4n) is 3.29. The zero-order valence-corrected chi connectivity index (χ0v) is 15.3. The third-order valence-corrected chi connectivity index (χ3v) is 4.72. The van der Waals surface area contributed by atoms with E-state index >= 15 is 0 Å². The summed E-state index contributed by atoms with van der Waals surface area (Å²) in [6.07, 6.45) is 0. The van der Waals surface area contributed by atoms with Crippen LogP contribution in [0.15, 0.2) is 54.1 Å². The minimum atomic E-state index is -0.377. The molecule has 132 valence electrons. The summed E-state index contributed by atoms with van der Waals surface area (Å²) in [6, 6.07) is 18.6. The van der Waals surface area contributed by atoms with Gasteiger partial charge in [0.15, 0.2) is 5.78 Å². The number of benzene rings is 1. The number of rotatable bonds is 1. The Morgan fingerprint density at radius 3 is 2.14 bits per heavy atom. The number of pyridine rings is 2. The van der Waals surface area contributed by atoms with Gasteiger partial charge < -0.3 is 0 Å². The van der Waals surface area contributed by atoms with Crippen molar-refractivity contribution < 1.29 is 4.79 Å². The molecule has 5 heteroatoms.